The lowest BCUT2D eigenvalue weighted by Gasteiger charge is -2.21. The minimum Gasteiger partial charge on any atom is -0.374 e. The Kier molecular flexibility index (Phi) is 2.36. The zero-order chi connectivity index (χ0) is 11.1. The maximum Gasteiger partial charge on any atom is 0.0929 e. The van der Waals surface area contributed by atoms with Crippen LogP contribution in [0, 0.1) is 0 Å². The third kappa shape index (κ3) is 1.92. The fraction of sp³-hybridized carbons (Fsp3) is 0.538. The Balaban J connectivity index is 2.25. The van der Waals surface area contributed by atoms with Crippen LogP contribution in [0.4, 0.5) is 0 Å². The van der Waals surface area contributed by atoms with Crippen LogP contribution in [0.25, 0.3) is 0 Å². The van der Waals surface area contributed by atoms with E-state index in [4.69, 9.17) is 10.5 Å². The van der Waals surface area contributed by atoms with Crippen molar-refractivity contribution in [3.8, 4) is 0 Å². The zero-order valence-corrected chi connectivity index (χ0v) is 9.71. The molecule has 1 aromatic carbocycles. The fourth-order valence-corrected chi connectivity index (χ4v) is 1.93. The summed E-state index contributed by atoms with van der Waals surface area (Å²) in [7, 11) is 1.79. The highest BCUT2D eigenvalue weighted by Crippen LogP contribution is 2.48. The van der Waals surface area contributed by atoms with Crippen molar-refractivity contribution < 1.29 is 4.74 Å². The third-order valence-electron chi connectivity index (χ3n) is 3.25. The van der Waals surface area contributed by atoms with Gasteiger partial charge in [0.05, 0.1) is 5.60 Å². The molecule has 0 bridgehead atoms. The lowest BCUT2D eigenvalue weighted by molar-refractivity contribution is 0.0789. The zero-order valence-electron chi connectivity index (χ0n) is 9.71. The van der Waals surface area contributed by atoms with Gasteiger partial charge in [-0.05, 0) is 37.8 Å². The first-order valence-electron chi connectivity index (χ1n) is 5.43. The van der Waals surface area contributed by atoms with Crippen molar-refractivity contribution >= 4 is 0 Å². The number of hydrogen-bond acceptors (Lipinski definition) is 2. The van der Waals surface area contributed by atoms with Crippen molar-refractivity contribution in [2.24, 2.45) is 5.73 Å². The Hall–Kier alpha value is -0.860. The number of ether oxygens (including phenoxy) is 1. The van der Waals surface area contributed by atoms with Gasteiger partial charge in [0.1, 0.15) is 0 Å². The molecule has 0 heterocycles. The smallest absolute Gasteiger partial charge is 0.0929 e. The molecule has 0 radical (unpaired) electrons. The molecule has 2 heteroatoms. The van der Waals surface area contributed by atoms with Crippen LogP contribution in [-0.4, -0.2) is 7.11 Å². The SMILES string of the molecule is COC1(c2ccc(C(C)(C)N)cc2)CC1. The van der Waals surface area contributed by atoms with Crippen molar-refractivity contribution in [3.05, 3.63) is 35.4 Å². The molecule has 1 fully saturated rings. The highest BCUT2D eigenvalue weighted by atomic mass is 16.5. The second-order valence-corrected chi connectivity index (χ2v) is 5.00. The minimum absolute atomic E-state index is 0.0112. The molecule has 0 unspecified atom stereocenters. The van der Waals surface area contributed by atoms with E-state index in [9.17, 15) is 0 Å². The summed E-state index contributed by atoms with van der Waals surface area (Å²) < 4.78 is 5.53. The summed E-state index contributed by atoms with van der Waals surface area (Å²) in [4.78, 5) is 0. The van der Waals surface area contributed by atoms with Gasteiger partial charge in [-0.15, -0.1) is 0 Å². The molecule has 0 amide bonds. The van der Waals surface area contributed by atoms with Crippen LogP contribution < -0.4 is 5.73 Å². The summed E-state index contributed by atoms with van der Waals surface area (Å²) in [6.45, 7) is 4.04. The van der Waals surface area contributed by atoms with Crippen molar-refractivity contribution in [2.75, 3.05) is 7.11 Å². The van der Waals surface area contributed by atoms with Crippen LogP contribution in [0.1, 0.15) is 37.8 Å². The highest BCUT2D eigenvalue weighted by Gasteiger charge is 2.44. The summed E-state index contributed by atoms with van der Waals surface area (Å²) in [5.74, 6) is 0. The molecular weight excluding hydrogens is 186 g/mol. The number of hydrogen-bond donors (Lipinski definition) is 1. The Bertz CT molecular complexity index is 344. The average molecular weight is 205 g/mol. The second-order valence-electron chi connectivity index (χ2n) is 5.00. The van der Waals surface area contributed by atoms with Gasteiger partial charge in [0.15, 0.2) is 0 Å². The Morgan fingerprint density at radius 3 is 2.07 bits per heavy atom. The summed E-state index contributed by atoms with van der Waals surface area (Å²) in [5, 5.41) is 0. The van der Waals surface area contributed by atoms with E-state index in [0.717, 1.165) is 18.4 Å². The maximum absolute atomic E-state index is 6.03. The predicted octanol–water partition coefficient (Wildman–Crippen LogP) is 2.52. The van der Waals surface area contributed by atoms with Crippen molar-refractivity contribution in [1.29, 1.82) is 0 Å². The van der Waals surface area contributed by atoms with Crippen molar-refractivity contribution in [3.63, 3.8) is 0 Å². The topological polar surface area (TPSA) is 35.2 Å². The summed E-state index contributed by atoms with van der Waals surface area (Å²) in [6.07, 6.45) is 2.27. The van der Waals surface area contributed by atoms with Crippen LogP contribution in [0.3, 0.4) is 0 Å². The number of rotatable bonds is 3. The van der Waals surface area contributed by atoms with Gasteiger partial charge in [0, 0.05) is 12.6 Å². The van der Waals surface area contributed by atoms with E-state index in [1.165, 1.54) is 5.56 Å². The largest absolute Gasteiger partial charge is 0.374 e. The van der Waals surface area contributed by atoms with E-state index in [1.54, 1.807) is 7.11 Å². The molecular formula is C13H19NO. The van der Waals surface area contributed by atoms with Gasteiger partial charge in [-0.25, -0.2) is 0 Å². The molecule has 15 heavy (non-hydrogen) atoms. The molecule has 2 N–H and O–H groups in total. The maximum atomic E-state index is 6.03. The van der Waals surface area contributed by atoms with Gasteiger partial charge in [-0.1, -0.05) is 24.3 Å². The molecule has 0 aromatic heterocycles. The molecule has 0 atom stereocenters. The molecule has 1 aliphatic carbocycles. The average Bonchev–Trinajstić information content (AvgIpc) is 2.97. The van der Waals surface area contributed by atoms with E-state index < -0.39 is 0 Å². The quantitative estimate of drug-likeness (QED) is 0.823. The van der Waals surface area contributed by atoms with Gasteiger partial charge in [0.2, 0.25) is 0 Å². The van der Waals surface area contributed by atoms with Gasteiger partial charge < -0.3 is 10.5 Å². The van der Waals surface area contributed by atoms with Gasteiger partial charge >= 0.3 is 0 Å². The first-order valence-corrected chi connectivity index (χ1v) is 5.43. The van der Waals surface area contributed by atoms with E-state index in [0.29, 0.717) is 0 Å². The standard InChI is InChI=1S/C13H19NO/c1-12(2,14)10-4-6-11(7-5-10)13(15-3)8-9-13/h4-7H,8-9,14H2,1-3H3. The van der Waals surface area contributed by atoms with E-state index in [2.05, 4.69) is 24.3 Å². The highest BCUT2D eigenvalue weighted by molar-refractivity contribution is 5.33. The van der Waals surface area contributed by atoms with Gasteiger partial charge in [0.25, 0.3) is 0 Å². The molecule has 1 aliphatic rings. The van der Waals surface area contributed by atoms with Crippen molar-refractivity contribution in [2.45, 2.75) is 37.8 Å². The Labute approximate surface area is 91.4 Å². The predicted molar refractivity (Wildman–Crippen MR) is 61.6 cm³/mol. The lowest BCUT2D eigenvalue weighted by atomic mass is 9.93. The van der Waals surface area contributed by atoms with E-state index >= 15 is 0 Å². The van der Waals surface area contributed by atoms with Crippen LogP contribution >= 0.6 is 0 Å². The molecule has 2 rings (SSSR count). The minimum atomic E-state index is -0.262. The van der Waals surface area contributed by atoms with Gasteiger partial charge in [-0.3, -0.25) is 0 Å². The van der Waals surface area contributed by atoms with E-state index in [1.807, 2.05) is 13.8 Å². The summed E-state index contributed by atoms with van der Waals surface area (Å²) >= 11 is 0. The van der Waals surface area contributed by atoms with Crippen LogP contribution in [0.5, 0.6) is 0 Å². The van der Waals surface area contributed by atoms with E-state index in [-0.39, 0.29) is 11.1 Å². The number of nitrogens with two attached hydrogens (primary N) is 1. The molecule has 0 saturated heterocycles. The second kappa shape index (κ2) is 3.32. The monoisotopic (exact) mass is 205 g/mol. The molecule has 2 nitrogen and oxygen atoms in total. The van der Waals surface area contributed by atoms with Crippen LogP contribution in [0.2, 0.25) is 0 Å². The summed E-state index contributed by atoms with van der Waals surface area (Å²) in [6, 6.07) is 8.49. The molecule has 1 saturated carbocycles. The first-order chi connectivity index (χ1) is 6.98. The Morgan fingerprint density at radius 2 is 1.73 bits per heavy atom. The molecule has 0 spiro atoms. The van der Waals surface area contributed by atoms with Crippen molar-refractivity contribution in [1.82, 2.24) is 0 Å². The fourth-order valence-electron chi connectivity index (χ4n) is 1.93. The van der Waals surface area contributed by atoms with Crippen LogP contribution in [0.15, 0.2) is 24.3 Å². The van der Waals surface area contributed by atoms with Crippen LogP contribution in [-0.2, 0) is 15.9 Å². The number of benzene rings is 1. The lowest BCUT2D eigenvalue weighted by Crippen LogP contribution is -2.28. The van der Waals surface area contributed by atoms with Gasteiger partial charge in [-0.2, -0.15) is 0 Å². The Morgan fingerprint density at radius 1 is 1.20 bits per heavy atom. The normalized spacial score (nSPS) is 18.9. The number of methoxy groups -OCH3 is 1. The molecule has 1 aromatic rings. The first kappa shape index (κ1) is 10.7. The summed E-state index contributed by atoms with van der Waals surface area (Å²) in [5.41, 5.74) is 8.22. The molecule has 82 valence electrons. The molecule has 0 aliphatic heterocycles. The third-order valence-corrected chi connectivity index (χ3v) is 3.25.